The zero-order valence-corrected chi connectivity index (χ0v) is 17.6. The van der Waals surface area contributed by atoms with Crippen molar-refractivity contribution in [2.75, 3.05) is 38.8 Å². The van der Waals surface area contributed by atoms with Gasteiger partial charge in [-0.15, -0.1) is 24.0 Å². The van der Waals surface area contributed by atoms with E-state index in [-0.39, 0.29) is 24.0 Å². The Kier molecular flexibility index (Phi) is 14.5. The number of methoxy groups -OCH3 is 1. The maximum atomic E-state index is 5.17. The molecule has 0 saturated heterocycles. The van der Waals surface area contributed by atoms with Crippen LogP contribution in [0.5, 0.6) is 5.75 Å². The van der Waals surface area contributed by atoms with Gasteiger partial charge in [0.15, 0.2) is 5.96 Å². The second-order valence-electron chi connectivity index (χ2n) is 4.99. The van der Waals surface area contributed by atoms with Crippen LogP contribution in [0.15, 0.2) is 29.3 Å². The highest BCUT2D eigenvalue weighted by molar-refractivity contribution is 14.0. The van der Waals surface area contributed by atoms with E-state index in [1.165, 1.54) is 17.7 Å². The molecular weight excluding hydrogens is 421 g/mol. The Bertz CT molecular complexity index is 426. The Hall–Kier alpha value is -0.630. The number of hydrogen-bond acceptors (Lipinski definition) is 3. The third kappa shape index (κ3) is 10.7. The largest absolute Gasteiger partial charge is 0.497 e. The highest BCUT2D eigenvalue weighted by Crippen LogP contribution is 2.11. The molecule has 0 aliphatic carbocycles. The highest BCUT2D eigenvalue weighted by Gasteiger charge is 1.98. The van der Waals surface area contributed by atoms with Crippen LogP contribution in [-0.4, -0.2) is 44.7 Å². The summed E-state index contributed by atoms with van der Waals surface area (Å²) < 4.78 is 5.17. The fraction of sp³-hybridized carbons (Fsp3) is 0.588. The van der Waals surface area contributed by atoms with Gasteiger partial charge in [-0.05, 0) is 55.9 Å². The fourth-order valence-corrected chi connectivity index (χ4v) is 2.50. The maximum Gasteiger partial charge on any atom is 0.191 e. The zero-order valence-electron chi connectivity index (χ0n) is 14.4. The van der Waals surface area contributed by atoms with Crippen LogP contribution in [0.4, 0.5) is 0 Å². The molecule has 0 fully saturated rings. The molecule has 0 amide bonds. The van der Waals surface area contributed by atoms with Gasteiger partial charge in [0.25, 0.3) is 0 Å². The second-order valence-corrected chi connectivity index (χ2v) is 5.97. The van der Waals surface area contributed by atoms with Gasteiger partial charge in [0.05, 0.1) is 7.11 Å². The first-order valence-electron chi connectivity index (χ1n) is 7.94. The molecule has 6 heteroatoms. The van der Waals surface area contributed by atoms with E-state index in [9.17, 15) is 0 Å². The monoisotopic (exact) mass is 451 g/mol. The third-order valence-corrected chi connectivity index (χ3v) is 3.93. The molecule has 0 spiro atoms. The number of ether oxygens (including phenoxy) is 1. The minimum absolute atomic E-state index is 0. The summed E-state index contributed by atoms with van der Waals surface area (Å²) in [6, 6.07) is 8.21. The van der Waals surface area contributed by atoms with Gasteiger partial charge in [-0.1, -0.05) is 12.1 Å². The number of aliphatic imine (C=N–C) groups is 1. The predicted octanol–water partition coefficient (Wildman–Crippen LogP) is 3.55. The molecule has 2 N–H and O–H groups in total. The zero-order chi connectivity index (χ0) is 16.0. The molecule has 23 heavy (non-hydrogen) atoms. The summed E-state index contributed by atoms with van der Waals surface area (Å²) in [5.41, 5.74) is 1.30. The molecule has 1 aromatic rings. The normalized spacial score (nSPS) is 10.8. The van der Waals surface area contributed by atoms with E-state index in [1.54, 1.807) is 7.11 Å². The van der Waals surface area contributed by atoms with Crippen LogP contribution in [0.25, 0.3) is 0 Å². The lowest BCUT2D eigenvalue weighted by molar-refractivity contribution is 0.414. The van der Waals surface area contributed by atoms with Crippen molar-refractivity contribution in [1.29, 1.82) is 0 Å². The Morgan fingerprint density at radius 2 is 1.91 bits per heavy atom. The summed E-state index contributed by atoms with van der Waals surface area (Å²) in [6.45, 7) is 4.75. The Labute approximate surface area is 162 Å². The predicted molar refractivity (Wildman–Crippen MR) is 114 cm³/mol. The van der Waals surface area contributed by atoms with Crippen LogP contribution in [0.1, 0.15) is 25.3 Å². The van der Waals surface area contributed by atoms with Crippen molar-refractivity contribution in [2.45, 2.75) is 26.2 Å². The highest BCUT2D eigenvalue weighted by atomic mass is 127. The van der Waals surface area contributed by atoms with Crippen molar-refractivity contribution >= 4 is 41.7 Å². The summed E-state index contributed by atoms with van der Waals surface area (Å²) in [4.78, 5) is 4.61. The Morgan fingerprint density at radius 1 is 1.17 bits per heavy atom. The molecule has 0 saturated carbocycles. The fourth-order valence-electron chi connectivity index (χ4n) is 2.01. The topological polar surface area (TPSA) is 45.7 Å². The summed E-state index contributed by atoms with van der Waals surface area (Å²) in [7, 11) is 1.69. The number of benzene rings is 1. The number of rotatable bonds is 10. The SMILES string of the molecule is CCNC(=NCCCCSC)NCCc1ccc(OC)cc1.I. The molecule has 0 aromatic heterocycles. The second kappa shape index (κ2) is 14.9. The lowest BCUT2D eigenvalue weighted by Gasteiger charge is -2.11. The lowest BCUT2D eigenvalue weighted by Crippen LogP contribution is -2.38. The van der Waals surface area contributed by atoms with E-state index in [0.717, 1.165) is 44.2 Å². The van der Waals surface area contributed by atoms with Crippen LogP contribution >= 0.6 is 35.7 Å². The van der Waals surface area contributed by atoms with Crippen molar-refractivity contribution in [3.05, 3.63) is 29.8 Å². The number of halogens is 1. The average molecular weight is 451 g/mol. The first kappa shape index (κ1) is 22.4. The van der Waals surface area contributed by atoms with E-state index in [4.69, 9.17) is 4.74 Å². The standard InChI is InChI=1S/C17H29N3OS.HI/c1-4-18-17(19-12-5-6-14-22-3)20-13-11-15-7-9-16(21-2)10-8-15;/h7-10H,4-6,11-14H2,1-3H3,(H2,18,19,20);1H. The van der Waals surface area contributed by atoms with Gasteiger partial charge in [0.2, 0.25) is 0 Å². The van der Waals surface area contributed by atoms with E-state index in [1.807, 2.05) is 23.9 Å². The Morgan fingerprint density at radius 3 is 2.52 bits per heavy atom. The average Bonchev–Trinajstić information content (AvgIpc) is 2.55. The first-order valence-corrected chi connectivity index (χ1v) is 9.33. The number of hydrogen-bond donors (Lipinski definition) is 2. The number of guanidine groups is 1. The third-order valence-electron chi connectivity index (χ3n) is 3.24. The van der Waals surface area contributed by atoms with E-state index < -0.39 is 0 Å². The van der Waals surface area contributed by atoms with Gasteiger partial charge in [-0.2, -0.15) is 11.8 Å². The molecule has 4 nitrogen and oxygen atoms in total. The molecule has 0 heterocycles. The van der Waals surface area contributed by atoms with Gasteiger partial charge in [-0.25, -0.2) is 0 Å². The lowest BCUT2D eigenvalue weighted by atomic mass is 10.1. The van der Waals surface area contributed by atoms with Crippen molar-refractivity contribution in [2.24, 2.45) is 4.99 Å². The van der Waals surface area contributed by atoms with E-state index >= 15 is 0 Å². The van der Waals surface area contributed by atoms with Crippen LogP contribution in [0.3, 0.4) is 0 Å². The van der Waals surface area contributed by atoms with E-state index in [2.05, 4.69) is 40.9 Å². The minimum atomic E-state index is 0. The first-order chi connectivity index (χ1) is 10.8. The number of unbranched alkanes of at least 4 members (excludes halogenated alkanes) is 1. The molecule has 0 aliphatic heterocycles. The summed E-state index contributed by atoms with van der Waals surface area (Å²) in [5, 5.41) is 6.68. The molecule has 132 valence electrons. The number of thioether (sulfide) groups is 1. The molecule has 1 rings (SSSR count). The smallest absolute Gasteiger partial charge is 0.191 e. The van der Waals surface area contributed by atoms with E-state index in [0.29, 0.717) is 0 Å². The van der Waals surface area contributed by atoms with Gasteiger partial charge in [0, 0.05) is 19.6 Å². The summed E-state index contributed by atoms with van der Waals surface area (Å²) >= 11 is 1.90. The van der Waals surface area contributed by atoms with Gasteiger partial charge in [-0.3, -0.25) is 4.99 Å². The van der Waals surface area contributed by atoms with Crippen molar-refractivity contribution < 1.29 is 4.74 Å². The molecular formula is C17H30IN3OS. The van der Waals surface area contributed by atoms with Crippen LogP contribution in [-0.2, 0) is 6.42 Å². The van der Waals surface area contributed by atoms with Gasteiger partial charge >= 0.3 is 0 Å². The summed E-state index contributed by atoms with van der Waals surface area (Å²) in [6.07, 6.45) is 5.50. The molecule has 0 atom stereocenters. The minimum Gasteiger partial charge on any atom is -0.497 e. The molecule has 1 aromatic carbocycles. The van der Waals surface area contributed by atoms with Gasteiger partial charge < -0.3 is 15.4 Å². The Balaban J connectivity index is 0.00000484. The molecule has 0 bridgehead atoms. The summed E-state index contributed by atoms with van der Waals surface area (Å²) in [5.74, 6) is 3.04. The molecule has 0 aliphatic rings. The number of nitrogens with one attached hydrogen (secondary N) is 2. The quantitative estimate of drug-likeness (QED) is 0.247. The van der Waals surface area contributed by atoms with Crippen molar-refractivity contribution in [3.63, 3.8) is 0 Å². The molecule has 0 radical (unpaired) electrons. The van der Waals surface area contributed by atoms with Gasteiger partial charge in [0.1, 0.15) is 5.75 Å². The van der Waals surface area contributed by atoms with Crippen LogP contribution in [0.2, 0.25) is 0 Å². The van der Waals surface area contributed by atoms with Crippen LogP contribution < -0.4 is 15.4 Å². The van der Waals surface area contributed by atoms with Crippen molar-refractivity contribution in [3.8, 4) is 5.75 Å². The maximum absolute atomic E-state index is 5.17. The molecule has 0 unspecified atom stereocenters. The van der Waals surface area contributed by atoms with Crippen LogP contribution in [0, 0.1) is 0 Å². The number of nitrogens with zero attached hydrogens (tertiary/aromatic N) is 1. The van der Waals surface area contributed by atoms with Crippen molar-refractivity contribution in [1.82, 2.24) is 10.6 Å².